The fraction of sp³-hybridized carbons (Fsp3) is 0.0833. The monoisotopic (exact) mass is 647 g/mol. The van der Waals surface area contributed by atoms with Gasteiger partial charge in [0.05, 0.1) is 32.2 Å². The van der Waals surface area contributed by atoms with Gasteiger partial charge in [0.15, 0.2) is 15.8 Å². The number of methoxy groups -OCH3 is 1. The maximum Gasteiger partial charge on any atom is 0.270 e. The van der Waals surface area contributed by atoms with E-state index in [1.165, 1.54) is 23.8 Å². The lowest BCUT2D eigenvalue weighted by Gasteiger charge is -2.15. The molecule has 0 aromatic heterocycles. The van der Waals surface area contributed by atoms with Gasteiger partial charge in [-0.25, -0.2) is 0 Å². The van der Waals surface area contributed by atoms with Crippen LogP contribution >= 0.6 is 86.3 Å². The lowest BCUT2D eigenvalue weighted by molar-refractivity contribution is -0.113. The second kappa shape index (κ2) is 11.3. The molecule has 0 atom stereocenters. The molecular formula is C24H14BrCl4NO3S2. The van der Waals surface area contributed by atoms with E-state index >= 15 is 0 Å². The van der Waals surface area contributed by atoms with Crippen molar-refractivity contribution in [1.29, 1.82) is 0 Å². The molecule has 1 saturated heterocycles. The molecule has 1 fully saturated rings. The maximum atomic E-state index is 13.1. The van der Waals surface area contributed by atoms with Crippen molar-refractivity contribution in [3.63, 3.8) is 0 Å². The molecule has 1 aliphatic rings. The van der Waals surface area contributed by atoms with Crippen molar-refractivity contribution in [2.45, 2.75) is 6.61 Å². The summed E-state index contributed by atoms with van der Waals surface area (Å²) in [5.41, 5.74) is 2.05. The number of nitrogens with zero attached hydrogens (tertiary/aromatic N) is 1. The third kappa shape index (κ3) is 5.93. The number of benzene rings is 3. The van der Waals surface area contributed by atoms with E-state index in [0.29, 0.717) is 51.0 Å². The molecule has 3 aromatic carbocycles. The third-order valence-electron chi connectivity index (χ3n) is 4.89. The fourth-order valence-electron chi connectivity index (χ4n) is 3.22. The Morgan fingerprint density at radius 2 is 1.80 bits per heavy atom. The van der Waals surface area contributed by atoms with Crippen molar-refractivity contribution in [3.8, 4) is 11.5 Å². The molecule has 4 nitrogen and oxygen atoms in total. The number of thiocarbonyl (C=S) groups is 1. The number of hydrogen-bond donors (Lipinski definition) is 0. The van der Waals surface area contributed by atoms with E-state index in [-0.39, 0.29) is 12.5 Å². The van der Waals surface area contributed by atoms with Crippen LogP contribution in [-0.2, 0) is 11.4 Å². The zero-order valence-corrected chi connectivity index (χ0v) is 24.0. The van der Waals surface area contributed by atoms with E-state index in [1.54, 1.807) is 48.5 Å². The molecule has 0 radical (unpaired) electrons. The molecule has 1 heterocycles. The highest BCUT2D eigenvalue weighted by Crippen LogP contribution is 2.41. The highest BCUT2D eigenvalue weighted by molar-refractivity contribution is 9.10. The Morgan fingerprint density at radius 1 is 1.03 bits per heavy atom. The van der Waals surface area contributed by atoms with Crippen LogP contribution in [0.2, 0.25) is 20.1 Å². The number of rotatable bonds is 6. The smallest absolute Gasteiger partial charge is 0.270 e. The molecule has 35 heavy (non-hydrogen) atoms. The minimum atomic E-state index is -0.258. The zero-order chi connectivity index (χ0) is 25.3. The number of halogens is 5. The van der Waals surface area contributed by atoms with Crippen molar-refractivity contribution in [1.82, 2.24) is 0 Å². The first-order chi connectivity index (χ1) is 16.7. The number of anilines is 1. The maximum absolute atomic E-state index is 13.1. The lowest BCUT2D eigenvalue weighted by Crippen LogP contribution is -2.27. The van der Waals surface area contributed by atoms with Gasteiger partial charge in [-0.15, -0.1) is 0 Å². The number of amides is 1. The molecule has 0 aliphatic carbocycles. The summed E-state index contributed by atoms with van der Waals surface area (Å²) in [6.45, 7) is 0.215. The highest BCUT2D eigenvalue weighted by Gasteiger charge is 2.33. The highest BCUT2D eigenvalue weighted by atomic mass is 79.9. The van der Waals surface area contributed by atoms with Gasteiger partial charge in [0, 0.05) is 15.6 Å². The van der Waals surface area contributed by atoms with E-state index in [1.807, 2.05) is 6.07 Å². The first-order valence-electron chi connectivity index (χ1n) is 9.85. The summed E-state index contributed by atoms with van der Waals surface area (Å²) < 4.78 is 12.6. The molecule has 3 aromatic rings. The Bertz CT molecular complexity index is 1380. The normalized spacial score (nSPS) is 14.7. The van der Waals surface area contributed by atoms with E-state index in [0.717, 1.165) is 11.1 Å². The summed E-state index contributed by atoms with van der Waals surface area (Å²) in [6.07, 6.45) is 1.74. The molecule has 0 bridgehead atoms. The average molecular weight is 650 g/mol. The Labute approximate surface area is 240 Å². The molecule has 1 aliphatic heterocycles. The summed E-state index contributed by atoms with van der Waals surface area (Å²) in [6, 6.07) is 13.7. The topological polar surface area (TPSA) is 38.8 Å². The molecule has 0 unspecified atom stereocenters. The number of thioether (sulfide) groups is 1. The third-order valence-corrected chi connectivity index (χ3v) is 8.11. The predicted molar refractivity (Wildman–Crippen MR) is 154 cm³/mol. The van der Waals surface area contributed by atoms with Crippen LogP contribution in [0.5, 0.6) is 11.5 Å². The van der Waals surface area contributed by atoms with Crippen molar-refractivity contribution in [3.05, 3.63) is 89.1 Å². The van der Waals surface area contributed by atoms with Crippen molar-refractivity contribution >= 4 is 108 Å². The number of hydrogen-bond acceptors (Lipinski definition) is 5. The van der Waals surface area contributed by atoms with Gasteiger partial charge in [-0.05, 0) is 70.0 Å². The van der Waals surface area contributed by atoms with E-state index in [4.69, 9.17) is 68.1 Å². The van der Waals surface area contributed by atoms with Crippen LogP contribution in [0.25, 0.3) is 6.08 Å². The van der Waals surface area contributed by atoms with Gasteiger partial charge >= 0.3 is 0 Å². The fourth-order valence-corrected chi connectivity index (χ4v) is 5.85. The van der Waals surface area contributed by atoms with Crippen LogP contribution in [0, 0.1) is 0 Å². The first-order valence-corrected chi connectivity index (χ1v) is 13.4. The Hall–Kier alpha value is -1.45. The average Bonchev–Trinajstić information content (AvgIpc) is 3.08. The first kappa shape index (κ1) is 26.6. The SMILES string of the molecule is COc1cc(/C=C2\SC(=S)N(c3ccc(Cl)c(Cl)c3)C2=O)cc(Br)c1OCc1ccc(Cl)cc1Cl. The molecule has 0 saturated carbocycles. The Balaban J connectivity index is 1.59. The minimum Gasteiger partial charge on any atom is -0.493 e. The zero-order valence-electron chi connectivity index (χ0n) is 17.8. The second-order valence-electron chi connectivity index (χ2n) is 7.17. The van der Waals surface area contributed by atoms with Gasteiger partial charge in [-0.2, -0.15) is 0 Å². The molecule has 1 amide bonds. The van der Waals surface area contributed by atoms with Gasteiger partial charge in [0.1, 0.15) is 6.61 Å². The van der Waals surface area contributed by atoms with Gasteiger partial charge in [-0.3, -0.25) is 9.69 Å². The van der Waals surface area contributed by atoms with E-state index < -0.39 is 0 Å². The Kier molecular flexibility index (Phi) is 8.59. The molecule has 0 spiro atoms. The number of ether oxygens (including phenoxy) is 2. The van der Waals surface area contributed by atoms with Crippen LogP contribution in [0.3, 0.4) is 0 Å². The quantitative estimate of drug-likeness (QED) is 0.197. The summed E-state index contributed by atoms with van der Waals surface area (Å²) in [4.78, 5) is 15.0. The molecule has 180 valence electrons. The van der Waals surface area contributed by atoms with Crippen LogP contribution < -0.4 is 14.4 Å². The van der Waals surface area contributed by atoms with Gasteiger partial charge in [-0.1, -0.05) is 76.4 Å². The van der Waals surface area contributed by atoms with Crippen molar-refractivity contribution in [2.75, 3.05) is 12.0 Å². The second-order valence-corrected chi connectivity index (χ2v) is 11.4. The summed E-state index contributed by atoms with van der Waals surface area (Å²) >= 11 is 34.5. The van der Waals surface area contributed by atoms with Crippen LogP contribution in [-0.4, -0.2) is 17.3 Å². The van der Waals surface area contributed by atoms with Crippen LogP contribution in [0.1, 0.15) is 11.1 Å². The van der Waals surface area contributed by atoms with E-state index in [2.05, 4.69) is 15.9 Å². The molecule has 11 heteroatoms. The van der Waals surface area contributed by atoms with Crippen LogP contribution in [0.15, 0.2) is 57.9 Å². The van der Waals surface area contributed by atoms with Crippen molar-refractivity contribution < 1.29 is 14.3 Å². The number of carbonyl (C=O) groups is 1. The minimum absolute atomic E-state index is 0.215. The largest absolute Gasteiger partial charge is 0.493 e. The number of carbonyl (C=O) groups excluding carboxylic acids is 1. The van der Waals surface area contributed by atoms with Crippen molar-refractivity contribution in [2.24, 2.45) is 0 Å². The summed E-state index contributed by atoms with van der Waals surface area (Å²) in [5, 5.41) is 1.79. The molecule has 0 N–H and O–H groups in total. The lowest BCUT2D eigenvalue weighted by atomic mass is 10.1. The standard InChI is InChI=1S/C24H14BrCl4NO3S2/c1-32-20-7-12(6-16(25)22(20)33-11-13-2-3-14(26)9-18(13)28)8-21-23(31)30(24(34)35-21)15-4-5-17(27)19(29)10-15/h2-10H,11H2,1H3/b21-8-. The van der Waals surface area contributed by atoms with Crippen LogP contribution in [0.4, 0.5) is 5.69 Å². The predicted octanol–water partition coefficient (Wildman–Crippen LogP) is 9.06. The Morgan fingerprint density at radius 3 is 2.49 bits per heavy atom. The summed E-state index contributed by atoms with van der Waals surface area (Å²) in [7, 11) is 1.54. The van der Waals surface area contributed by atoms with Gasteiger partial charge < -0.3 is 9.47 Å². The summed E-state index contributed by atoms with van der Waals surface area (Å²) in [5.74, 6) is 0.723. The molecule has 4 rings (SSSR count). The van der Waals surface area contributed by atoms with Gasteiger partial charge in [0.25, 0.3) is 5.91 Å². The van der Waals surface area contributed by atoms with E-state index in [9.17, 15) is 4.79 Å². The molecular weight excluding hydrogens is 636 g/mol. The van der Waals surface area contributed by atoms with Gasteiger partial charge in [0.2, 0.25) is 0 Å².